The van der Waals surface area contributed by atoms with Gasteiger partial charge in [-0.05, 0) is 51.4 Å². The fourth-order valence-corrected chi connectivity index (χ4v) is 8.40. The first-order valence-corrected chi connectivity index (χ1v) is 26.9. The van der Waals surface area contributed by atoms with Gasteiger partial charge in [-0.15, -0.1) is 0 Å². The van der Waals surface area contributed by atoms with E-state index < -0.39 is 12.1 Å². The summed E-state index contributed by atoms with van der Waals surface area (Å²) in [5, 5.41) is 23.3. The molecule has 0 bridgehead atoms. The molecule has 0 spiro atoms. The molecule has 0 heterocycles. The number of amides is 1. The van der Waals surface area contributed by atoms with Crippen LogP contribution in [0.4, 0.5) is 0 Å². The van der Waals surface area contributed by atoms with Gasteiger partial charge in [-0.3, -0.25) is 9.59 Å². The van der Waals surface area contributed by atoms with Gasteiger partial charge in [-0.25, -0.2) is 0 Å². The molecule has 60 heavy (non-hydrogen) atoms. The highest BCUT2D eigenvalue weighted by atomic mass is 16.5. The highest BCUT2D eigenvalue weighted by Gasteiger charge is 2.20. The summed E-state index contributed by atoms with van der Waals surface area (Å²) in [6.07, 6.45) is 57.6. The number of hydrogen-bond donors (Lipinski definition) is 3. The number of rotatable bonds is 50. The molecule has 0 fully saturated rings. The Labute approximate surface area is 374 Å². The van der Waals surface area contributed by atoms with Gasteiger partial charge in [0.05, 0.1) is 25.4 Å². The molecule has 0 aromatic rings. The van der Waals surface area contributed by atoms with E-state index in [4.69, 9.17) is 4.74 Å². The molecule has 2 unspecified atom stereocenters. The number of aliphatic hydroxyl groups excluding tert-OH is 2. The minimum Gasteiger partial charge on any atom is -0.466 e. The normalized spacial score (nSPS) is 12.7. The van der Waals surface area contributed by atoms with Crippen LogP contribution in [-0.2, 0) is 14.3 Å². The quantitative estimate of drug-likeness (QED) is 0.0322. The average Bonchev–Trinajstić information content (AvgIpc) is 3.25. The van der Waals surface area contributed by atoms with Gasteiger partial charge < -0.3 is 20.3 Å². The van der Waals surface area contributed by atoms with Crippen LogP contribution in [0, 0.1) is 0 Å². The molecular weight excluding hydrogens is 743 g/mol. The Morgan fingerprint density at radius 1 is 0.450 bits per heavy atom. The molecule has 0 saturated carbocycles. The highest BCUT2D eigenvalue weighted by molar-refractivity contribution is 5.76. The molecule has 0 saturated heterocycles. The van der Waals surface area contributed by atoms with Crippen molar-refractivity contribution in [1.82, 2.24) is 5.32 Å². The van der Waals surface area contributed by atoms with Crippen molar-refractivity contribution in [2.75, 3.05) is 13.2 Å². The highest BCUT2D eigenvalue weighted by Crippen LogP contribution is 2.17. The number of allylic oxidation sites excluding steroid dienone is 2. The molecule has 0 aliphatic heterocycles. The molecule has 0 aliphatic carbocycles. The second-order valence-electron chi connectivity index (χ2n) is 18.6. The summed E-state index contributed by atoms with van der Waals surface area (Å²) in [5.41, 5.74) is 0. The number of unbranched alkanes of at least 4 members (excludes halogenated alkanes) is 37. The summed E-state index contributed by atoms with van der Waals surface area (Å²) < 4.78 is 5.44. The van der Waals surface area contributed by atoms with Crippen molar-refractivity contribution in [2.24, 2.45) is 0 Å². The van der Waals surface area contributed by atoms with Gasteiger partial charge in [-0.2, -0.15) is 0 Å². The van der Waals surface area contributed by atoms with E-state index in [1.807, 2.05) is 0 Å². The summed E-state index contributed by atoms with van der Waals surface area (Å²) in [6.45, 7) is 4.89. The molecule has 0 aromatic carbocycles. The zero-order valence-corrected chi connectivity index (χ0v) is 40.5. The standard InChI is InChI=1S/C54H105NO5/c1-3-5-7-9-11-13-15-17-18-19-20-21-22-23-24-26-27-30-34-38-42-46-52(57)51(50-56)55-53(58)47-43-39-35-31-29-33-37-41-45-49-60-54(59)48-44-40-36-32-28-25-16-14-12-10-8-6-4-2/h14,16,51-52,56-57H,3-13,15,17-50H2,1-2H3,(H,55,58)/b16-14-. The largest absolute Gasteiger partial charge is 0.466 e. The molecule has 0 radical (unpaired) electrons. The first-order chi connectivity index (χ1) is 29.5. The molecule has 356 valence electrons. The monoisotopic (exact) mass is 848 g/mol. The van der Waals surface area contributed by atoms with Crippen molar-refractivity contribution in [1.29, 1.82) is 0 Å². The van der Waals surface area contributed by atoms with Crippen LogP contribution in [0.25, 0.3) is 0 Å². The van der Waals surface area contributed by atoms with E-state index in [-0.39, 0.29) is 18.5 Å². The third-order valence-electron chi connectivity index (χ3n) is 12.6. The van der Waals surface area contributed by atoms with Gasteiger partial charge in [0, 0.05) is 12.8 Å². The number of carbonyl (C=O) groups is 2. The zero-order chi connectivity index (χ0) is 43.7. The average molecular weight is 848 g/mol. The van der Waals surface area contributed by atoms with E-state index >= 15 is 0 Å². The van der Waals surface area contributed by atoms with E-state index in [2.05, 4.69) is 31.3 Å². The van der Waals surface area contributed by atoms with Crippen LogP contribution in [0.1, 0.15) is 296 Å². The summed E-state index contributed by atoms with van der Waals surface area (Å²) in [5.74, 6) is -0.0936. The van der Waals surface area contributed by atoms with Crippen molar-refractivity contribution >= 4 is 11.9 Å². The predicted molar refractivity (Wildman–Crippen MR) is 260 cm³/mol. The maximum absolute atomic E-state index is 12.5. The first-order valence-electron chi connectivity index (χ1n) is 26.9. The summed E-state index contributed by atoms with van der Waals surface area (Å²) >= 11 is 0. The molecule has 0 aromatic heterocycles. The lowest BCUT2D eigenvalue weighted by molar-refractivity contribution is -0.143. The third-order valence-corrected chi connectivity index (χ3v) is 12.6. The Morgan fingerprint density at radius 3 is 1.20 bits per heavy atom. The van der Waals surface area contributed by atoms with Crippen molar-refractivity contribution < 1.29 is 24.5 Å². The van der Waals surface area contributed by atoms with Gasteiger partial charge in [0.2, 0.25) is 5.91 Å². The molecule has 0 rings (SSSR count). The Kier molecular flexibility index (Phi) is 49.1. The fourth-order valence-electron chi connectivity index (χ4n) is 8.40. The molecule has 6 nitrogen and oxygen atoms in total. The summed E-state index contributed by atoms with van der Waals surface area (Å²) in [7, 11) is 0. The molecule has 1 amide bonds. The number of nitrogens with one attached hydrogen (secondary N) is 1. The van der Waals surface area contributed by atoms with Crippen molar-refractivity contribution in [3.63, 3.8) is 0 Å². The predicted octanol–water partition coefficient (Wildman–Crippen LogP) is 16.1. The lowest BCUT2D eigenvalue weighted by Crippen LogP contribution is -2.45. The SMILES string of the molecule is CCCCCC/C=C\CCCCCCCC(=O)OCCCCCCCCCCCC(=O)NC(CO)C(O)CCCCCCCCCCCCCCCCCCCCCCC. The molecule has 6 heteroatoms. The van der Waals surface area contributed by atoms with Gasteiger partial charge >= 0.3 is 5.97 Å². The number of carbonyl (C=O) groups excluding carboxylic acids is 2. The Bertz CT molecular complexity index is 893. The van der Waals surface area contributed by atoms with E-state index in [9.17, 15) is 19.8 Å². The fraction of sp³-hybridized carbons (Fsp3) is 0.926. The van der Waals surface area contributed by atoms with Crippen LogP contribution in [0.5, 0.6) is 0 Å². The van der Waals surface area contributed by atoms with Crippen molar-refractivity contribution in [3.8, 4) is 0 Å². The van der Waals surface area contributed by atoms with Crippen LogP contribution >= 0.6 is 0 Å². The molecule has 2 atom stereocenters. The maximum Gasteiger partial charge on any atom is 0.305 e. The second-order valence-corrected chi connectivity index (χ2v) is 18.6. The van der Waals surface area contributed by atoms with E-state index in [1.165, 1.54) is 205 Å². The van der Waals surface area contributed by atoms with Gasteiger partial charge in [0.25, 0.3) is 0 Å². The lowest BCUT2D eigenvalue weighted by atomic mass is 10.0. The Hall–Kier alpha value is -1.40. The summed E-state index contributed by atoms with van der Waals surface area (Å²) in [4.78, 5) is 24.5. The smallest absolute Gasteiger partial charge is 0.305 e. The minimum atomic E-state index is -0.682. The number of aliphatic hydroxyl groups is 2. The van der Waals surface area contributed by atoms with Crippen molar-refractivity contribution in [3.05, 3.63) is 12.2 Å². The number of ether oxygens (including phenoxy) is 1. The summed E-state index contributed by atoms with van der Waals surface area (Å²) in [6, 6.07) is -0.562. The van der Waals surface area contributed by atoms with Gasteiger partial charge in [-0.1, -0.05) is 244 Å². The van der Waals surface area contributed by atoms with E-state index in [1.54, 1.807) is 0 Å². The van der Waals surface area contributed by atoms with Crippen LogP contribution < -0.4 is 5.32 Å². The minimum absolute atomic E-state index is 0.0333. The molecular formula is C54H105NO5. The zero-order valence-electron chi connectivity index (χ0n) is 40.5. The maximum atomic E-state index is 12.5. The van der Waals surface area contributed by atoms with Crippen molar-refractivity contribution in [2.45, 2.75) is 309 Å². The molecule has 0 aliphatic rings. The number of hydrogen-bond acceptors (Lipinski definition) is 5. The second kappa shape index (κ2) is 50.2. The van der Waals surface area contributed by atoms with E-state index in [0.29, 0.717) is 25.9 Å². The third kappa shape index (κ3) is 46.1. The van der Waals surface area contributed by atoms with E-state index in [0.717, 1.165) is 57.8 Å². The number of esters is 1. The Morgan fingerprint density at radius 2 is 0.783 bits per heavy atom. The Balaban J connectivity index is 3.48. The van der Waals surface area contributed by atoms with Crippen LogP contribution in [0.3, 0.4) is 0 Å². The van der Waals surface area contributed by atoms with Crippen LogP contribution in [0.2, 0.25) is 0 Å². The molecule has 3 N–H and O–H groups in total. The van der Waals surface area contributed by atoms with Crippen LogP contribution in [-0.4, -0.2) is 47.4 Å². The van der Waals surface area contributed by atoms with Gasteiger partial charge in [0.15, 0.2) is 0 Å². The first kappa shape index (κ1) is 58.6. The topological polar surface area (TPSA) is 95.9 Å². The van der Waals surface area contributed by atoms with Gasteiger partial charge in [0.1, 0.15) is 0 Å². The lowest BCUT2D eigenvalue weighted by Gasteiger charge is -2.22. The van der Waals surface area contributed by atoms with Crippen LogP contribution in [0.15, 0.2) is 12.2 Å².